The maximum atomic E-state index is 12.0. The molecule has 0 saturated heterocycles. The molecule has 7 unspecified atom stereocenters. The monoisotopic (exact) mass is 396 g/mol. The van der Waals surface area contributed by atoms with Crippen molar-refractivity contribution < 1.29 is 4.79 Å². The lowest BCUT2D eigenvalue weighted by Gasteiger charge is -2.58. The first-order valence-corrected chi connectivity index (χ1v) is 12.6. The third-order valence-corrected chi connectivity index (χ3v) is 10.4. The van der Waals surface area contributed by atoms with Gasteiger partial charge in [0.1, 0.15) is 0 Å². The van der Waals surface area contributed by atoms with Gasteiger partial charge in [-0.2, -0.15) is 0 Å². The summed E-state index contributed by atoms with van der Waals surface area (Å²) in [7, 11) is 0. The highest BCUT2D eigenvalue weighted by Crippen LogP contribution is 2.67. The molecule has 162 valence electrons. The molecule has 1 heteroatoms. The van der Waals surface area contributed by atoms with Crippen molar-refractivity contribution in [3.63, 3.8) is 0 Å². The third-order valence-electron chi connectivity index (χ3n) is 10.4. The number of ketones is 1. The molecule has 4 aliphatic carbocycles. The van der Waals surface area contributed by atoms with Gasteiger partial charge in [-0.25, -0.2) is 0 Å². The number of hydrogen-bond acceptors (Lipinski definition) is 1. The Balaban J connectivity index is 1.53. The van der Waals surface area contributed by atoms with Crippen LogP contribution in [0.3, 0.4) is 0 Å². The Bertz CT molecular complexity index is 699. The molecule has 0 aliphatic heterocycles. The van der Waals surface area contributed by atoms with Crippen LogP contribution < -0.4 is 0 Å². The molecule has 4 rings (SSSR count). The molecule has 1 nitrogen and oxygen atoms in total. The lowest BCUT2D eigenvalue weighted by molar-refractivity contribution is -0.117. The SMILES string of the molecule is CC(/C=C/[C@@H](C)C(C)C)C1CCC2C3CCC4=CC(=O)CCC4(C)C3CCC12C. The van der Waals surface area contributed by atoms with Gasteiger partial charge in [0.15, 0.2) is 5.78 Å². The van der Waals surface area contributed by atoms with Crippen LogP contribution >= 0.6 is 0 Å². The van der Waals surface area contributed by atoms with Gasteiger partial charge in [0.2, 0.25) is 0 Å². The Morgan fingerprint density at radius 1 is 0.931 bits per heavy atom. The summed E-state index contributed by atoms with van der Waals surface area (Å²) >= 11 is 0. The number of carbonyl (C=O) groups is 1. The van der Waals surface area contributed by atoms with Crippen LogP contribution in [0.25, 0.3) is 0 Å². The molecule has 8 atom stereocenters. The van der Waals surface area contributed by atoms with E-state index in [2.05, 4.69) is 53.7 Å². The van der Waals surface area contributed by atoms with Crippen LogP contribution in [0.5, 0.6) is 0 Å². The summed E-state index contributed by atoms with van der Waals surface area (Å²) in [6.45, 7) is 14.7. The van der Waals surface area contributed by atoms with E-state index in [9.17, 15) is 4.79 Å². The Morgan fingerprint density at radius 3 is 2.41 bits per heavy atom. The van der Waals surface area contributed by atoms with Gasteiger partial charge in [-0.3, -0.25) is 4.79 Å². The van der Waals surface area contributed by atoms with Crippen molar-refractivity contribution >= 4 is 5.78 Å². The summed E-state index contributed by atoms with van der Waals surface area (Å²) in [5.74, 6) is 5.95. The summed E-state index contributed by atoms with van der Waals surface area (Å²) in [5.41, 5.74) is 2.34. The first-order valence-electron chi connectivity index (χ1n) is 12.6. The number of fused-ring (bicyclic) bond motifs is 5. The number of allylic oxidation sites excluding steroid dienone is 3. The van der Waals surface area contributed by atoms with Crippen LogP contribution in [0, 0.1) is 52.3 Å². The molecule has 4 aliphatic rings. The average molecular weight is 397 g/mol. The smallest absolute Gasteiger partial charge is 0.155 e. The summed E-state index contributed by atoms with van der Waals surface area (Å²) in [5, 5.41) is 0. The second kappa shape index (κ2) is 7.69. The van der Waals surface area contributed by atoms with Gasteiger partial charge in [-0.1, -0.05) is 59.3 Å². The minimum atomic E-state index is 0.314. The van der Waals surface area contributed by atoms with Crippen LogP contribution in [-0.4, -0.2) is 5.78 Å². The summed E-state index contributed by atoms with van der Waals surface area (Å²) in [6, 6.07) is 0. The third kappa shape index (κ3) is 3.49. The molecule has 0 bridgehead atoms. The first-order chi connectivity index (χ1) is 13.7. The maximum Gasteiger partial charge on any atom is 0.155 e. The summed E-state index contributed by atoms with van der Waals surface area (Å²) in [4.78, 5) is 12.0. The molecule has 0 aromatic carbocycles. The van der Waals surface area contributed by atoms with Crippen molar-refractivity contribution in [2.24, 2.45) is 52.3 Å². The molecule has 3 fully saturated rings. The highest BCUT2D eigenvalue weighted by atomic mass is 16.1. The molecule has 0 N–H and O–H groups in total. The molecular formula is C28H44O. The van der Waals surface area contributed by atoms with Gasteiger partial charge in [0.25, 0.3) is 0 Å². The molecule has 0 radical (unpaired) electrons. The molecular weight excluding hydrogens is 352 g/mol. The normalized spacial score (nSPS) is 44.2. The van der Waals surface area contributed by atoms with Gasteiger partial charge >= 0.3 is 0 Å². The molecule has 0 aromatic heterocycles. The zero-order chi connectivity index (χ0) is 21.0. The Labute approximate surface area is 179 Å². The van der Waals surface area contributed by atoms with Gasteiger partial charge in [-0.15, -0.1) is 0 Å². The highest BCUT2D eigenvalue weighted by molar-refractivity contribution is 5.91. The van der Waals surface area contributed by atoms with E-state index >= 15 is 0 Å². The fourth-order valence-corrected chi connectivity index (χ4v) is 8.17. The Hall–Kier alpha value is -0.850. The van der Waals surface area contributed by atoms with Gasteiger partial charge < -0.3 is 0 Å². The zero-order valence-corrected chi connectivity index (χ0v) is 19.8. The van der Waals surface area contributed by atoms with Crippen LogP contribution in [0.4, 0.5) is 0 Å². The molecule has 0 spiro atoms. The lowest BCUT2D eigenvalue weighted by atomic mass is 9.46. The van der Waals surface area contributed by atoms with Gasteiger partial charge in [0, 0.05) is 6.42 Å². The minimum absolute atomic E-state index is 0.314. The number of carbonyl (C=O) groups excluding carboxylic acids is 1. The topological polar surface area (TPSA) is 17.1 Å². The van der Waals surface area contributed by atoms with Crippen LogP contribution in [0.2, 0.25) is 0 Å². The molecule has 0 amide bonds. The predicted octanol–water partition coefficient (Wildman–Crippen LogP) is 7.62. The molecule has 0 aromatic rings. The van der Waals surface area contributed by atoms with Crippen molar-refractivity contribution in [3.05, 3.63) is 23.8 Å². The fraction of sp³-hybridized carbons (Fsp3) is 0.821. The summed E-state index contributed by atoms with van der Waals surface area (Å²) in [6.07, 6.45) is 17.2. The minimum Gasteiger partial charge on any atom is -0.295 e. The van der Waals surface area contributed by atoms with Crippen molar-refractivity contribution in [2.45, 2.75) is 92.9 Å². The Morgan fingerprint density at radius 2 is 1.69 bits per heavy atom. The fourth-order valence-electron chi connectivity index (χ4n) is 8.17. The average Bonchev–Trinajstić information content (AvgIpc) is 3.03. The van der Waals surface area contributed by atoms with E-state index in [-0.39, 0.29) is 0 Å². The second-order valence-electron chi connectivity index (χ2n) is 12.0. The van der Waals surface area contributed by atoms with Crippen LogP contribution in [0.1, 0.15) is 92.9 Å². The van der Waals surface area contributed by atoms with Crippen LogP contribution in [0.15, 0.2) is 23.8 Å². The lowest BCUT2D eigenvalue weighted by Crippen LogP contribution is -2.50. The van der Waals surface area contributed by atoms with Crippen LogP contribution in [-0.2, 0) is 4.79 Å². The van der Waals surface area contributed by atoms with Crippen molar-refractivity contribution in [3.8, 4) is 0 Å². The Kier molecular flexibility index (Phi) is 5.67. The second-order valence-corrected chi connectivity index (χ2v) is 12.0. The number of hydrogen-bond donors (Lipinski definition) is 0. The van der Waals surface area contributed by atoms with Gasteiger partial charge in [-0.05, 0) is 103 Å². The van der Waals surface area contributed by atoms with Crippen molar-refractivity contribution in [2.75, 3.05) is 0 Å². The standard InChI is InChI=1S/C28H44O/c1-18(2)19(3)7-8-20(4)24-11-12-25-23-10-9-21-17-22(29)13-15-27(21,5)26(23)14-16-28(24,25)6/h7-8,17-20,23-26H,9-16H2,1-6H3/b8-7+/t19-,20?,23?,24?,25?,26?,27?,28?/m1/s1. The van der Waals surface area contributed by atoms with E-state index in [0.717, 1.165) is 42.4 Å². The molecule has 29 heavy (non-hydrogen) atoms. The van der Waals surface area contributed by atoms with E-state index < -0.39 is 0 Å². The van der Waals surface area contributed by atoms with E-state index in [1.54, 1.807) is 0 Å². The van der Waals surface area contributed by atoms with E-state index in [4.69, 9.17) is 0 Å². The predicted molar refractivity (Wildman–Crippen MR) is 123 cm³/mol. The largest absolute Gasteiger partial charge is 0.295 e. The van der Waals surface area contributed by atoms with Gasteiger partial charge in [0.05, 0.1) is 0 Å². The zero-order valence-electron chi connectivity index (χ0n) is 19.8. The molecule has 3 saturated carbocycles. The van der Waals surface area contributed by atoms with E-state index in [1.165, 1.54) is 44.1 Å². The maximum absolute atomic E-state index is 12.0. The molecule has 0 heterocycles. The van der Waals surface area contributed by atoms with Crippen molar-refractivity contribution in [1.82, 2.24) is 0 Å². The quantitative estimate of drug-likeness (QED) is 0.447. The first kappa shape index (κ1) is 21.4. The van der Waals surface area contributed by atoms with Crippen molar-refractivity contribution in [1.29, 1.82) is 0 Å². The highest BCUT2D eigenvalue weighted by Gasteiger charge is 2.59. The summed E-state index contributed by atoms with van der Waals surface area (Å²) < 4.78 is 0. The van der Waals surface area contributed by atoms with E-state index in [1.807, 2.05) is 6.08 Å². The number of rotatable bonds is 4. The van der Waals surface area contributed by atoms with E-state index in [0.29, 0.717) is 28.4 Å².